The first-order valence-electron chi connectivity index (χ1n) is 18.4. The highest BCUT2D eigenvalue weighted by Gasteiger charge is 2.45. The first-order valence-corrected chi connectivity index (χ1v) is 20.5. The van der Waals surface area contributed by atoms with E-state index in [0.29, 0.717) is 25.7 Å². The molecule has 0 aromatic heterocycles. The topological polar surface area (TPSA) is 243 Å². The van der Waals surface area contributed by atoms with Crippen LogP contribution < -0.4 is 21.7 Å². The highest BCUT2D eigenvalue weighted by molar-refractivity contribution is 7.90. The van der Waals surface area contributed by atoms with Gasteiger partial charge >= 0.3 is 6.03 Å². The van der Waals surface area contributed by atoms with Crippen LogP contribution in [0.25, 0.3) is 10.4 Å². The van der Waals surface area contributed by atoms with Crippen LogP contribution in [-0.2, 0) is 33.8 Å². The number of azide groups is 1. The molecule has 1 saturated heterocycles. The van der Waals surface area contributed by atoms with Gasteiger partial charge in [0.1, 0.15) is 21.9 Å². The van der Waals surface area contributed by atoms with Gasteiger partial charge in [-0.2, -0.15) is 0 Å². The van der Waals surface area contributed by atoms with Crippen molar-refractivity contribution < 1.29 is 37.1 Å². The lowest BCUT2D eigenvalue weighted by atomic mass is 9.82. The highest BCUT2D eigenvalue weighted by atomic mass is 32.2. The van der Waals surface area contributed by atoms with E-state index in [4.69, 9.17) is 16.0 Å². The van der Waals surface area contributed by atoms with Crippen LogP contribution in [0.1, 0.15) is 110 Å². The normalized spacial score (nSPS) is 27.0. The molecule has 5 atom stereocenters. The summed E-state index contributed by atoms with van der Waals surface area (Å²) in [6.07, 6.45) is 10.3. The fraction of sp³-hybridized carbons (Fsp3) is 0.853. The Morgan fingerprint density at radius 2 is 1.63 bits per heavy atom. The highest BCUT2D eigenvalue weighted by Crippen LogP contribution is 2.35. The van der Waals surface area contributed by atoms with Crippen molar-refractivity contribution >= 4 is 39.4 Å². The molecule has 0 bridgehead atoms. The minimum Gasteiger partial charge on any atom is -0.370 e. The van der Waals surface area contributed by atoms with E-state index in [1.165, 1.54) is 4.90 Å². The van der Waals surface area contributed by atoms with Crippen molar-refractivity contribution in [2.75, 3.05) is 25.1 Å². The molecule has 51 heavy (non-hydrogen) atoms. The number of urea groups is 1. The zero-order valence-electron chi connectivity index (χ0n) is 30.2. The monoisotopic (exact) mass is 736 g/mol. The average Bonchev–Trinajstić information content (AvgIpc) is 3.88. The summed E-state index contributed by atoms with van der Waals surface area (Å²) in [4.78, 5) is 71.9. The predicted molar refractivity (Wildman–Crippen MR) is 189 cm³/mol. The van der Waals surface area contributed by atoms with E-state index in [2.05, 4.69) is 26.0 Å². The van der Waals surface area contributed by atoms with Gasteiger partial charge in [0.2, 0.25) is 17.6 Å². The lowest BCUT2D eigenvalue weighted by Gasteiger charge is -2.44. The predicted octanol–water partition coefficient (Wildman–Crippen LogP) is 2.79. The fourth-order valence-corrected chi connectivity index (χ4v) is 9.60. The molecule has 3 saturated carbocycles. The first-order chi connectivity index (χ1) is 24.0. The van der Waals surface area contributed by atoms with Gasteiger partial charge in [0.05, 0.1) is 35.6 Å². The summed E-state index contributed by atoms with van der Waals surface area (Å²) in [5, 5.41) is 12.3. The molecular formula is C34H56N8O8S. The molecule has 17 heteroatoms. The molecule has 0 radical (unpaired) electrons. The molecule has 0 aromatic carbocycles. The van der Waals surface area contributed by atoms with Gasteiger partial charge in [0, 0.05) is 17.7 Å². The molecule has 4 aliphatic rings. The second-order valence-electron chi connectivity index (χ2n) is 15.7. The van der Waals surface area contributed by atoms with Crippen molar-refractivity contribution in [2.24, 2.45) is 22.7 Å². The van der Waals surface area contributed by atoms with E-state index in [1.54, 1.807) is 13.8 Å². The number of hydrogen-bond acceptors (Lipinski definition) is 9. The van der Waals surface area contributed by atoms with Gasteiger partial charge in [0.25, 0.3) is 5.91 Å². The van der Waals surface area contributed by atoms with Crippen LogP contribution in [0.3, 0.4) is 0 Å². The standard InChI is InChI=1S/C34H56N8O8S/c1-22-19-42(26(14-17-33(2,50-22)20-37-41-36)30(45)38-25(18-23-12-13-23)28(43)29(35)44)31(46)27(24-10-6-4-7-11-24)39-32(47)40-34(21-51(3,48)49)15-8-5-9-16-34/h22-27H,4-21H2,1-3H3,(H2,35,44)(H,38,45)(H2,39,40,47)/t22-,25?,26+,27+,33+/m1/s1. The maximum absolute atomic E-state index is 14.9. The molecule has 0 spiro atoms. The lowest BCUT2D eigenvalue weighted by molar-refractivity contribution is -0.155. The molecular weight excluding hydrogens is 680 g/mol. The molecule has 286 valence electrons. The summed E-state index contributed by atoms with van der Waals surface area (Å²) in [6, 6.07) is -3.94. The molecule has 1 heterocycles. The molecule has 0 aromatic rings. The SMILES string of the molecule is C[C@@H]1CN(C(=O)[C@@H](NC(=O)NC2(CS(C)(=O)=O)CCCCC2)C2CCCCC2)[C@H](C(=O)NC(CC2CC2)C(=O)C(N)=O)CC[C@@](C)(CN=[N+]=[N-])O1. The van der Waals surface area contributed by atoms with Crippen molar-refractivity contribution in [3.8, 4) is 0 Å². The Morgan fingerprint density at radius 3 is 2.22 bits per heavy atom. The number of ketones is 1. The van der Waals surface area contributed by atoms with Crippen molar-refractivity contribution in [3.63, 3.8) is 0 Å². The molecule has 5 N–H and O–H groups in total. The third-order valence-electron chi connectivity index (χ3n) is 10.9. The number of nitrogens with one attached hydrogen (secondary N) is 3. The van der Waals surface area contributed by atoms with Gasteiger partial charge in [-0.1, -0.05) is 56.5 Å². The van der Waals surface area contributed by atoms with Gasteiger partial charge in [-0.15, -0.1) is 0 Å². The third kappa shape index (κ3) is 11.8. The quantitative estimate of drug-likeness (QED) is 0.0892. The van der Waals surface area contributed by atoms with Gasteiger partial charge in [-0.25, -0.2) is 13.2 Å². The summed E-state index contributed by atoms with van der Waals surface area (Å²) in [5.41, 5.74) is 12.4. The number of carbonyl (C=O) groups excluding carboxylic acids is 5. The third-order valence-corrected chi connectivity index (χ3v) is 11.9. The molecule has 1 unspecified atom stereocenters. The molecule has 3 aliphatic carbocycles. The number of amides is 5. The molecule has 16 nitrogen and oxygen atoms in total. The lowest BCUT2D eigenvalue weighted by Crippen LogP contribution is -2.64. The van der Waals surface area contributed by atoms with E-state index in [0.717, 1.165) is 57.6 Å². The number of hydrogen-bond donors (Lipinski definition) is 4. The second-order valence-corrected chi connectivity index (χ2v) is 17.8. The Hall–Kier alpha value is -3.43. The number of carbonyl (C=O) groups is 5. The number of nitrogens with zero attached hydrogens (tertiary/aromatic N) is 4. The maximum Gasteiger partial charge on any atom is 0.315 e. The minimum absolute atomic E-state index is 0.0117. The van der Waals surface area contributed by atoms with Crippen LogP contribution in [0, 0.1) is 11.8 Å². The van der Waals surface area contributed by atoms with Crippen LogP contribution in [0.4, 0.5) is 4.79 Å². The molecule has 1 aliphatic heterocycles. The van der Waals surface area contributed by atoms with Crippen molar-refractivity contribution in [2.45, 2.75) is 146 Å². The van der Waals surface area contributed by atoms with Crippen molar-refractivity contribution in [1.82, 2.24) is 20.9 Å². The Kier molecular flexibility index (Phi) is 13.8. The Balaban J connectivity index is 1.66. The number of Topliss-reactive ketones (excluding diaryl/α,β-unsaturated/α-hetero) is 1. The zero-order valence-corrected chi connectivity index (χ0v) is 31.0. The number of nitrogens with two attached hydrogens (primary N) is 1. The van der Waals surface area contributed by atoms with Gasteiger partial charge < -0.3 is 31.3 Å². The number of rotatable bonds is 14. The Bertz CT molecular complexity index is 1450. The number of primary amides is 1. The second kappa shape index (κ2) is 17.4. The molecule has 5 amide bonds. The van der Waals surface area contributed by atoms with Crippen LogP contribution in [0.5, 0.6) is 0 Å². The van der Waals surface area contributed by atoms with Gasteiger partial charge in [0.15, 0.2) is 0 Å². The Morgan fingerprint density at radius 1 is 0.980 bits per heavy atom. The van der Waals surface area contributed by atoms with Crippen molar-refractivity contribution in [3.05, 3.63) is 10.4 Å². The summed E-state index contributed by atoms with van der Waals surface area (Å²) >= 11 is 0. The minimum atomic E-state index is -3.44. The smallest absolute Gasteiger partial charge is 0.315 e. The van der Waals surface area contributed by atoms with E-state index in [9.17, 15) is 32.4 Å². The average molecular weight is 737 g/mol. The summed E-state index contributed by atoms with van der Waals surface area (Å²) < 4.78 is 31.2. The van der Waals surface area contributed by atoms with Gasteiger partial charge in [-0.05, 0) is 76.2 Å². The number of sulfone groups is 1. The summed E-state index contributed by atoms with van der Waals surface area (Å²) in [5.74, 6) is -3.48. The fourth-order valence-electron chi connectivity index (χ4n) is 8.24. The van der Waals surface area contributed by atoms with Gasteiger partial charge in [-0.3, -0.25) is 19.2 Å². The maximum atomic E-state index is 14.9. The molecule has 4 rings (SSSR count). The molecule has 4 fully saturated rings. The van der Waals surface area contributed by atoms with Crippen LogP contribution in [0.2, 0.25) is 0 Å². The largest absolute Gasteiger partial charge is 0.370 e. The van der Waals surface area contributed by atoms with Crippen LogP contribution in [0.15, 0.2) is 5.11 Å². The Labute approximate surface area is 300 Å². The van der Waals surface area contributed by atoms with E-state index < -0.39 is 74.7 Å². The van der Waals surface area contributed by atoms with Crippen LogP contribution in [-0.4, -0.2) is 103 Å². The van der Waals surface area contributed by atoms with E-state index in [-0.39, 0.29) is 49.9 Å². The summed E-state index contributed by atoms with van der Waals surface area (Å²) in [7, 11) is -3.44. The van der Waals surface area contributed by atoms with E-state index >= 15 is 0 Å². The summed E-state index contributed by atoms with van der Waals surface area (Å²) in [6.45, 7) is 3.45. The van der Waals surface area contributed by atoms with Crippen LogP contribution >= 0.6 is 0 Å². The van der Waals surface area contributed by atoms with Crippen molar-refractivity contribution in [1.29, 1.82) is 0 Å². The van der Waals surface area contributed by atoms with E-state index in [1.807, 2.05) is 0 Å². The first kappa shape index (κ1) is 40.3. The number of ether oxygens (including phenoxy) is 1. The zero-order chi connectivity index (χ0) is 37.4.